The SMILES string of the molecule is CCOc1ccc([C@H](C)NC(=O)c2ccc(C)c(S(=O)(=O)N3CCCCCC3)c2)cc1. The molecule has 0 saturated carbocycles. The molecule has 1 aliphatic heterocycles. The van der Waals surface area contributed by atoms with Crippen molar-refractivity contribution in [3.8, 4) is 5.75 Å². The van der Waals surface area contributed by atoms with E-state index in [2.05, 4.69) is 5.32 Å². The van der Waals surface area contributed by atoms with E-state index in [4.69, 9.17) is 4.74 Å². The first-order valence-electron chi connectivity index (χ1n) is 11.0. The first-order chi connectivity index (χ1) is 14.8. The number of hydrogen-bond acceptors (Lipinski definition) is 4. The number of aryl methyl sites for hydroxylation is 1. The fourth-order valence-corrected chi connectivity index (χ4v) is 5.59. The topological polar surface area (TPSA) is 75.7 Å². The second kappa shape index (κ2) is 10.3. The minimum atomic E-state index is -3.62. The van der Waals surface area contributed by atoms with Crippen molar-refractivity contribution in [2.75, 3.05) is 19.7 Å². The zero-order valence-corrected chi connectivity index (χ0v) is 19.4. The first kappa shape index (κ1) is 23.3. The predicted molar refractivity (Wildman–Crippen MR) is 122 cm³/mol. The van der Waals surface area contributed by atoms with Crippen LogP contribution < -0.4 is 10.1 Å². The van der Waals surface area contributed by atoms with Crippen LogP contribution in [-0.4, -0.2) is 38.3 Å². The summed E-state index contributed by atoms with van der Waals surface area (Å²) >= 11 is 0. The van der Waals surface area contributed by atoms with E-state index in [0.29, 0.717) is 30.8 Å². The summed E-state index contributed by atoms with van der Waals surface area (Å²) < 4.78 is 33.5. The van der Waals surface area contributed by atoms with Crippen LogP contribution in [0.1, 0.15) is 67.1 Å². The van der Waals surface area contributed by atoms with Gasteiger partial charge in [0.05, 0.1) is 17.5 Å². The maximum atomic E-state index is 13.2. The molecule has 1 saturated heterocycles. The Kier molecular flexibility index (Phi) is 7.73. The van der Waals surface area contributed by atoms with Crippen molar-refractivity contribution in [1.29, 1.82) is 0 Å². The lowest BCUT2D eigenvalue weighted by Gasteiger charge is -2.22. The Morgan fingerprint density at radius 2 is 1.71 bits per heavy atom. The summed E-state index contributed by atoms with van der Waals surface area (Å²) in [5, 5.41) is 2.96. The monoisotopic (exact) mass is 444 g/mol. The summed E-state index contributed by atoms with van der Waals surface area (Å²) in [6, 6.07) is 12.3. The lowest BCUT2D eigenvalue weighted by atomic mass is 10.1. The van der Waals surface area contributed by atoms with Gasteiger partial charge in [-0.2, -0.15) is 4.31 Å². The summed E-state index contributed by atoms with van der Waals surface area (Å²) in [5.74, 6) is 0.486. The Bertz CT molecular complexity index is 995. The fraction of sp³-hybridized carbons (Fsp3) is 0.458. The highest BCUT2D eigenvalue weighted by Gasteiger charge is 2.27. The van der Waals surface area contributed by atoms with Gasteiger partial charge >= 0.3 is 0 Å². The predicted octanol–water partition coefficient (Wildman–Crippen LogP) is 4.45. The maximum Gasteiger partial charge on any atom is 0.251 e. The summed E-state index contributed by atoms with van der Waals surface area (Å²) in [5.41, 5.74) is 1.94. The molecule has 0 radical (unpaired) electrons. The van der Waals surface area contributed by atoms with Gasteiger partial charge in [-0.3, -0.25) is 4.79 Å². The molecule has 0 aliphatic carbocycles. The van der Waals surface area contributed by atoms with Gasteiger partial charge in [0.2, 0.25) is 10.0 Å². The highest BCUT2D eigenvalue weighted by atomic mass is 32.2. The van der Waals surface area contributed by atoms with E-state index in [9.17, 15) is 13.2 Å². The Balaban J connectivity index is 1.77. The van der Waals surface area contributed by atoms with Gasteiger partial charge in [0, 0.05) is 18.7 Å². The number of nitrogens with one attached hydrogen (secondary N) is 1. The zero-order valence-electron chi connectivity index (χ0n) is 18.6. The molecule has 0 aromatic heterocycles. The molecule has 0 spiro atoms. The molecule has 3 rings (SSSR count). The van der Waals surface area contributed by atoms with Crippen LogP contribution in [0.5, 0.6) is 5.75 Å². The minimum absolute atomic E-state index is 0.218. The van der Waals surface area contributed by atoms with Crippen molar-refractivity contribution < 1.29 is 17.9 Å². The smallest absolute Gasteiger partial charge is 0.251 e. The van der Waals surface area contributed by atoms with Crippen LogP contribution in [-0.2, 0) is 10.0 Å². The molecule has 1 aliphatic rings. The molecule has 0 unspecified atom stereocenters. The Hall–Kier alpha value is -2.38. The third kappa shape index (κ3) is 5.66. The number of carbonyl (C=O) groups excluding carboxylic acids is 1. The van der Waals surface area contributed by atoms with E-state index in [0.717, 1.165) is 37.0 Å². The molecule has 1 heterocycles. The molecule has 1 fully saturated rings. The van der Waals surface area contributed by atoms with Gasteiger partial charge in [0.1, 0.15) is 5.75 Å². The number of carbonyl (C=O) groups is 1. The summed E-state index contributed by atoms with van der Waals surface area (Å²) in [7, 11) is -3.62. The highest BCUT2D eigenvalue weighted by Crippen LogP contribution is 2.25. The van der Waals surface area contributed by atoms with Gasteiger partial charge in [0.15, 0.2) is 0 Å². The average molecular weight is 445 g/mol. The van der Waals surface area contributed by atoms with Crippen molar-refractivity contribution in [1.82, 2.24) is 9.62 Å². The minimum Gasteiger partial charge on any atom is -0.494 e. The van der Waals surface area contributed by atoms with Crippen molar-refractivity contribution in [3.05, 3.63) is 59.2 Å². The number of benzene rings is 2. The molecule has 168 valence electrons. The largest absolute Gasteiger partial charge is 0.494 e. The van der Waals surface area contributed by atoms with Crippen LogP contribution >= 0.6 is 0 Å². The Labute approximate surface area is 185 Å². The lowest BCUT2D eigenvalue weighted by Crippen LogP contribution is -2.33. The molecule has 2 aromatic carbocycles. The molecule has 1 atom stereocenters. The molecule has 1 N–H and O–H groups in total. The highest BCUT2D eigenvalue weighted by molar-refractivity contribution is 7.89. The standard InChI is InChI=1S/C24H32N2O4S/c1-4-30-22-13-11-20(12-14-22)19(3)25-24(27)21-10-9-18(2)23(17-21)31(28,29)26-15-7-5-6-8-16-26/h9-14,17,19H,4-8,15-16H2,1-3H3,(H,25,27)/t19-/m0/s1. The van der Waals surface area contributed by atoms with Crippen LogP contribution in [0.15, 0.2) is 47.4 Å². The van der Waals surface area contributed by atoms with E-state index in [1.165, 1.54) is 6.07 Å². The third-order valence-electron chi connectivity index (χ3n) is 5.67. The van der Waals surface area contributed by atoms with E-state index >= 15 is 0 Å². The van der Waals surface area contributed by atoms with Crippen LogP contribution in [0.4, 0.5) is 0 Å². The van der Waals surface area contributed by atoms with E-state index in [-0.39, 0.29) is 16.8 Å². The van der Waals surface area contributed by atoms with E-state index < -0.39 is 10.0 Å². The van der Waals surface area contributed by atoms with Crippen LogP contribution in [0.25, 0.3) is 0 Å². The molecule has 1 amide bonds. The van der Waals surface area contributed by atoms with Gasteiger partial charge in [-0.15, -0.1) is 0 Å². The van der Waals surface area contributed by atoms with Crippen molar-refractivity contribution in [2.24, 2.45) is 0 Å². The third-order valence-corrected chi connectivity index (χ3v) is 7.71. The maximum absolute atomic E-state index is 13.2. The second-order valence-electron chi connectivity index (χ2n) is 8.00. The van der Waals surface area contributed by atoms with Gasteiger partial charge in [-0.1, -0.05) is 31.0 Å². The molecule has 31 heavy (non-hydrogen) atoms. The van der Waals surface area contributed by atoms with Crippen LogP contribution in [0.2, 0.25) is 0 Å². The molecule has 0 bridgehead atoms. The molecule has 6 nitrogen and oxygen atoms in total. The lowest BCUT2D eigenvalue weighted by molar-refractivity contribution is 0.0939. The summed E-state index contributed by atoms with van der Waals surface area (Å²) in [6.45, 7) is 7.27. The Morgan fingerprint density at radius 1 is 1.06 bits per heavy atom. The molecule has 7 heteroatoms. The first-order valence-corrected chi connectivity index (χ1v) is 12.4. The van der Waals surface area contributed by atoms with Crippen molar-refractivity contribution in [2.45, 2.75) is 57.4 Å². The number of hydrogen-bond donors (Lipinski definition) is 1. The average Bonchev–Trinajstić information content (AvgIpc) is 3.05. The van der Waals surface area contributed by atoms with E-state index in [1.54, 1.807) is 23.4 Å². The van der Waals surface area contributed by atoms with E-state index in [1.807, 2.05) is 38.1 Å². The van der Waals surface area contributed by atoms with Gasteiger partial charge < -0.3 is 10.1 Å². The van der Waals surface area contributed by atoms with Crippen LogP contribution in [0.3, 0.4) is 0 Å². The zero-order chi connectivity index (χ0) is 22.4. The number of rotatable bonds is 7. The van der Waals surface area contributed by atoms with Gasteiger partial charge in [-0.05, 0) is 69.0 Å². The normalized spacial score (nSPS) is 16.4. The molecule has 2 aromatic rings. The van der Waals surface area contributed by atoms with Crippen molar-refractivity contribution in [3.63, 3.8) is 0 Å². The van der Waals surface area contributed by atoms with Gasteiger partial charge in [-0.25, -0.2) is 8.42 Å². The second-order valence-corrected chi connectivity index (χ2v) is 9.90. The van der Waals surface area contributed by atoms with Crippen LogP contribution in [0, 0.1) is 6.92 Å². The number of ether oxygens (including phenoxy) is 1. The summed E-state index contributed by atoms with van der Waals surface area (Å²) in [4.78, 5) is 13.1. The van der Waals surface area contributed by atoms with Gasteiger partial charge in [0.25, 0.3) is 5.91 Å². The molecular formula is C24H32N2O4S. The van der Waals surface area contributed by atoms with Crippen molar-refractivity contribution >= 4 is 15.9 Å². The number of nitrogens with zero attached hydrogens (tertiary/aromatic N) is 1. The molecular weight excluding hydrogens is 412 g/mol. The number of amides is 1. The summed E-state index contributed by atoms with van der Waals surface area (Å²) in [6.07, 6.45) is 3.85. The Morgan fingerprint density at radius 3 is 2.32 bits per heavy atom. The quantitative estimate of drug-likeness (QED) is 0.685. The fourth-order valence-electron chi connectivity index (χ4n) is 3.82. The number of sulfonamides is 1.